The van der Waals surface area contributed by atoms with Crippen LogP contribution in [0.1, 0.15) is 22.8 Å². The van der Waals surface area contributed by atoms with E-state index in [-0.39, 0.29) is 24.2 Å². The zero-order valence-corrected chi connectivity index (χ0v) is 14.4. The first kappa shape index (κ1) is 18.6. The molecule has 2 N–H and O–H groups in total. The van der Waals surface area contributed by atoms with Crippen molar-refractivity contribution in [1.29, 1.82) is 0 Å². The SMILES string of the molecule is CCNC(=O)c1cccc(NC(=O)CN(C)Cc2ccccc2F)c1. The van der Waals surface area contributed by atoms with Crippen LogP contribution < -0.4 is 10.6 Å². The summed E-state index contributed by atoms with van der Waals surface area (Å²) in [7, 11) is 1.75. The molecule has 0 unspecified atom stereocenters. The Labute approximate surface area is 146 Å². The highest BCUT2D eigenvalue weighted by Crippen LogP contribution is 2.12. The van der Waals surface area contributed by atoms with E-state index in [1.807, 2.05) is 6.92 Å². The van der Waals surface area contributed by atoms with Crippen molar-refractivity contribution in [3.8, 4) is 0 Å². The van der Waals surface area contributed by atoms with Crippen LogP contribution in [-0.4, -0.2) is 36.9 Å². The monoisotopic (exact) mass is 343 g/mol. The summed E-state index contributed by atoms with van der Waals surface area (Å²) in [4.78, 5) is 25.7. The first-order chi connectivity index (χ1) is 12.0. The van der Waals surface area contributed by atoms with Crippen molar-refractivity contribution in [2.45, 2.75) is 13.5 Å². The Kier molecular flexibility index (Phi) is 6.65. The van der Waals surface area contributed by atoms with Gasteiger partial charge in [0.2, 0.25) is 5.91 Å². The Bertz CT molecular complexity index is 749. The van der Waals surface area contributed by atoms with Crippen molar-refractivity contribution in [2.24, 2.45) is 0 Å². The van der Waals surface area contributed by atoms with Gasteiger partial charge in [-0.05, 0) is 38.2 Å². The van der Waals surface area contributed by atoms with Crippen molar-refractivity contribution < 1.29 is 14.0 Å². The lowest BCUT2D eigenvalue weighted by atomic mass is 10.2. The molecule has 0 saturated carbocycles. The van der Waals surface area contributed by atoms with Crippen molar-refractivity contribution in [2.75, 3.05) is 25.5 Å². The maximum Gasteiger partial charge on any atom is 0.251 e. The van der Waals surface area contributed by atoms with Gasteiger partial charge in [0.1, 0.15) is 5.82 Å². The summed E-state index contributed by atoms with van der Waals surface area (Å²) in [6, 6.07) is 13.2. The standard InChI is InChI=1S/C19H22FN3O2/c1-3-21-19(25)14-8-6-9-16(11-14)22-18(24)13-23(2)12-15-7-4-5-10-17(15)20/h4-11H,3,12-13H2,1-2H3,(H,21,25)(H,22,24). The van der Waals surface area contributed by atoms with Gasteiger partial charge in [0.15, 0.2) is 0 Å². The van der Waals surface area contributed by atoms with Gasteiger partial charge >= 0.3 is 0 Å². The zero-order chi connectivity index (χ0) is 18.2. The molecule has 0 saturated heterocycles. The van der Waals surface area contributed by atoms with E-state index >= 15 is 0 Å². The van der Waals surface area contributed by atoms with Gasteiger partial charge in [-0.2, -0.15) is 0 Å². The quantitative estimate of drug-likeness (QED) is 0.812. The highest BCUT2D eigenvalue weighted by Gasteiger charge is 2.11. The van der Waals surface area contributed by atoms with E-state index < -0.39 is 0 Å². The van der Waals surface area contributed by atoms with E-state index in [0.29, 0.717) is 29.9 Å². The number of rotatable bonds is 7. The van der Waals surface area contributed by atoms with E-state index in [2.05, 4.69) is 10.6 Å². The lowest BCUT2D eigenvalue weighted by Gasteiger charge is -2.17. The average Bonchev–Trinajstić information content (AvgIpc) is 2.57. The van der Waals surface area contributed by atoms with Gasteiger partial charge < -0.3 is 10.6 Å². The van der Waals surface area contributed by atoms with Gasteiger partial charge in [0.05, 0.1) is 6.54 Å². The summed E-state index contributed by atoms with van der Waals surface area (Å²) in [6.07, 6.45) is 0. The summed E-state index contributed by atoms with van der Waals surface area (Å²) in [5, 5.41) is 5.47. The molecule has 0 aliphatic carbocycles. The Balaban J connectivity index is 1.92. The van der Waals surface area contributed by atoms with Gasteiger partial charge in [-0.15, -0.1) is 0 Å². The minimum atomic E-state index is -0.288. The fourth-order valence-electron chi connectivity index (χ4n) is 2.42. The van der Waals surface area contributed by atoms with Crippen LogP contribution in [0.4, 0.5) is 10.1 Å². The molecule has 0 bridgehead atoms. The molecule has 2 rings (SSSR count). The Morgan fingerprint density at radius 2 is 1.88 bits per heavy atom. The molecule has 0 aromatic heterocycles. The molecule has 2 aromatic carbocycles. The molecule has 0 atom stereocenters. The van der Waals surface area contributed by atoms with Crippen LogP contribution in [0.3, 0.4) is 0 Å². The number of anilines is 1. The first-order valence-electron chi connectivity index (χ1n) is 8.09. The van der Waals surface area contributed by atoms with Crippen LogP contribution in [-0.2, 0) is 11.3 Å². The summed E-state index contributed by atoms with van der Waals surface area (Å²) in [5.41, 5.74) is 1.57. The van der Waals surface area contributed by atoms with Crippen LogP contribution in [0.25, 0.3) is 0 Å². The topological polar surface area (TPSA) is 61.4 Å². The van der Waals surface area contributed by atoms with Gasteiger partial charge in [-0.1, -0.05) is 24.3 Å². The second kappa shape index (κ2) is 8.94. The molecule has 5 nitrogen and oxygen atoms in total. The molecule has 0 aliphatic rings. The molecule has 0 spiro atoms. The maximum atomic E-state index is 13.7. The van der Waals surface area contributed by atoms with Crippen molar-refractivity contribution in [3.63, 3.8) is 0 Å². The van der Waals surface area contributed by atoms with Crippen LogP contribution in [0.15, 0.2) is 48.5 Å². The smallest absolute Gasteiger partial charge is 0.251 e. The van der Waals surface area contributed by atoms with Crippen molar-refractivity contribution in [3.05, 3.63) is 65.5 Å². The maximum absolute atomic E-state index is 13.7. The van der Waals surface area contributed by atoms with E-state index in [9.17, 15) is 14.0 Å². The van der Waals surface area contributed by atoms with E-state index in [4.69, 9.17) is 0 Å². The van der Waals surface area contributed by atoms with Gasteiger partial charge in [0.25, 0.3) is 5.91 Å². The number of amides is 2. The van der Waals surface area contributed by atoms with Crippen LogP contribution in [0, 0.1) is 5.82 Å². The molecule has 132 valence electrons. The third-order valence-electron chi connectivity index (χ3n) is 3.56. The van der Waals surface area contributed by atoms with Crippen LogP contribution >= 0.6 is 0 Å². The van der Waals surface area contributed by atoms with Crippen LogP contribution in [0.2, 0.25) is 0 Å². The Morgan fingerprint density at radius 3 is 2.60 bits per heavy atom. The lowest BCUT2D eigenvalue weighted by molar-refractivity contribution is -0.117. The molecule has 0 heterocycles. The number of carbonyl (C=O) groups is 2. The number of likely N-dealkylation sites (N-methyl/N-ethyl adjacent to an activating group) is 1. The molecule has 0 fully saturated rings. The highest BCUT2D eigenvalue weighted by atomic mass is 19.1. The van der Waals surface area contributed by atoms with Crippen molar-refractivity contribution >= 4 is 17.5 Å². The first-order valence-corrected chi connectivity index (χ1v) is 8.09. The fraction of sp³-hybridized carbons (Fsp3) is 0.263. The minimum absolute atomic E-state index is 0.111. The van der Waals surface area contributed by atoms with Gasteiger partial charge in [0, 0.05) is 29.9 Å². The molecule has 6 heteroatoms. The number of nitrogens with zero attached hydrogens (tertiary/aromatic N) is 1. The number of hydrogen-bond donors (Lipinski definition) is 2. The normalized spacial score (nSPS) is 10.6. The van der Waals surface area contributed by atoms with Gasteiger partial charge in [-0.25, -0.2) is 4.39 Å². The minimum Gasteiger partial charge on any atom is -0.352 e. The molecule has 0 radical (unpaired) electrons. The third-order valence-corrected chi connectivity index (χ3v) is 3.56. The second-order valence-electron chi connectivity index (χ2n) is 5.75. The molecule has 2 aromatic rings. The lowest BCUT2D eigenvalue weighted by Crippen LogP contribution is -2.30. The Morgan fingerprint density at radius 1 is 1.12 bits per heavy atom. The molecule has 2 amide bonds. The molecule has 0 aliphatic heterocycles. The molecular formula is C19H22FN3O2. The van der Waals surface area contributed by atoms with E-state index in [1.165, 1.54) is 6.07 Å². The third kappa shape index (κ3) is 5.69. The zero-order valence-electron chi connectivity index (χ0n) is 14.4. The fourth-order valence-corrected chi connectivity index (χ4v) is 2.42. The predicted molar refractivity (Wildman–Crippen MR) is 95.8 cm³/mol. The Hall–Kier alpha value is -2.73. The summed E-state index contributed by atoms with van der Waals surface area (Å²) in [6.45, 7) is 2.82. The number of hydrogen-bond acceptors (Lipinski definition) is 3. The van der Waals surface area contributed by atoms with Crippen LogP contribution in [0.5, 0.6) is 0 Å². The number of nitrogens with one attached hydrogen (secondary N) is 2. The van der Waals surface area contributed by atoms with E-state index in [1.54, 1.807) is 54.4 Å². The van der Waals surface area contributed by atoms with Crippen molar-refractivity contribution in [1.82, 2.24) is 10.2 Å². The highest BCUT2D eigenvalue weighted by molar-refractivity contribution is 5.97. The summed E-state index contributed by atoms with van der Waals surface area (Å²) >= 11 is 0. The second-order valence-corrected chi connectivity index (χ2v) is 5.75. The number of halogens is 1. The molecular weight excluding hydrogens is 321 g/mol. The number of carbonyl (C=O) groups excluding carboxylic acids is 2. The summed E-state index contributed by atoms with van der Waals surface area (Å²) in [5.74, 6) is -0.702. The molecule has 25 heavy (non-hydrogen) atoms. The largest absolute Gasteiger partial charge is 0.352 e. The van der Waals surface area contributed by atoms with E-state index in [0.717, 1.165) is 0 Å². The number of benzene rings is 2. The average molecular weight is 343 g/mol. The predicted octanol–water partition coefficient (Wildman–Crippen LogP) is 2.65. The summed E-state index contributed by atoms with van der Waals surface area (Å²) < 4.78 is 13.7. The van der Waals surface area contributed by atoms with Gasteiger partial charge in [-0.3, -0.25) is 14.5 Å².